The van der Waals surface area contributed by atoms with E-state index in [0.717, 1.165) is 43.2 Å². The largest absolute Gasteiger partial charge is 0.378 e. The molecule has 2 N–H and O–H groups in total. The van der Waals surface area contributed by atoms with Gasteiger partial charge < -0.3 is 20.3 Å². The van der Waals surface area contributed by atoms with Gasteiger partial charge in [0.2, 0.25) is 5.91 Å². The van der Waals surface area contributed by atoms with Gasteiger partial charge in [-0.15, -0.1) is 0 Å². The highest BCUT2D eigenvalue weighted by Crippen LogP contribution is 2.20. The quantitative estimate of drug-likeness (QED) is 0.857. The maximum absolute atomic E-state index is 12.1. The molecule has 0 unspecified atom stereocenters. The van der Waals surface area contributed by atoms with Gasteiger partial charge in [0.25, 0.3) is 0 Å². The maximum atomic E-state index is 12.1. The highest BCUT2D eigenvalue weighted by molar-refractivity contribution is 6.30. The number of carbonyl (C=O) groups is 1. The lowest BCUT2D eigenvalue weighted by Crippen LogP contribution is -2.36. The number of hydrogen-bond acceptors (Lipinski definition) is 4. The zero-order valence-corrected chi connectivity index (χ0v) is 15.0. The number of nitrogens with one attached hydrogen (secondary N) is 2. The summed E-state index contributed by atoms with van der Waals surface area (Å²) in [6.07, 6.45) is 0. The van der Waals surface area contributed by atoms with Crippen LogP contribution in [-0.2, 0) is 9.53 Å². The van der Waals surface area contributed by atoms with Gasteiger partial charge in [-0.05, 0) is 55.0 Å². The van der Waals surface area contributed by atoms with Gasteiger partial charge in [-0.25, -0.2) is 0 Å². The van der Waals surface area contributed by atoms with Crippen molar-refractivity contribution in [2.24, 2.45) is 0 Å². The molecule has 132 valence electrons. The van der Waals surface area contributed by atoms with Gasteiger partial charge in [0.05, 0.1) is 19.8 Å². The monoisotopic (exact) mass is 359 g/mol. The number of carbonyl (C=O) groups excluding carboxylic acids is 1. The molecule has 1 fully saturated rings. The number of nitrogens with zero attached hydrogens (tertiary/aromatic N) is 1. The zero-order chi connectivity index (χ0) is 17.6. The van der Waals surface area contributed by atoms with E-state index in [1.54, 1.807) is 6.07 Å². The second-order valence-electron chi connectivity index (χ2n) is 6.01. The molecule has 3 rings (SSSR count). The second kappa shape index (κ2) is 8.23. The van der Waals surface area contributed by atoms with E-state index in [0.29, 0.717) is 5.02 Å². The first-order valence-electron chi connectivity index (χ1n) is 8.34. The first-order valence-corrected chi connectivity index (χ1v) is 8.72. The van der Waals surface area contributed by atoms with Crippen LogP contribution in [0.2, 0.25) is 5.02 Å². The summed E-state index contributed by atoms with van der Waals surface area (Å²) in [5.74, 6) is -0.0947. The molecular weight excluding hydrogens is 338 g/mol. The first-order chi connectivity index (χ1) is 12.1. The molecule has 5 nitrogen and oxygen atoms in total. The topological polar surface area (TPSA) is 53.6 Å². The summed E-state index contributed by atoms with van der Waals surface area (Å²) >= 11 is 5.93. The van der Waals surface area contributed by atoms with Crippen LogP contribution < -0.4 is 15.5 Å². The van der Waals surface area contributed by atoms with Crippen LogP contribution in [0, 0.1) is 6.92 Å². The average molecular weight is 360 g/mol. The predicted molar refractivity (Wildman–Crippen MR) is 103 cm³/mol. The molecule has 1 amide bonds. The number of anilines is 3. The summed E-state index contributed by atoms with van der Waals surface area (Å²) in [6, 6.07) is 13.5. The molecule has 2 aromatic carbocycles. The zero-order valence-electron chi connectivity index (χ0n) is 14.2. The van der Waals surface area contributed by atoms with Crippen LogP contribution in [0.15, 0.2) is 42.5 Å². The minimum absolute atomic E-state index is 0.0947. The third-order valence-corrected chi connectivity index (χ3v) is 4.39. The Kier molecular flexibility index (Phi) is 5.79. The minimum atomic E-state index is -0.0947. The lowest BCUT2D eigenvalue weighted by molar-refractivity contribution is -0.114. The molecule has 0 aliphatic carbocycles. The van der Waals surface area contributed by atoms with Gasteiger partial charge in [0, 0.05) is 35.2 Å². The lowest BCUT2D eigenvalue weighted by atomic mass is 10.2. The minimum Gasteiger partial charge on any atom is -0.378 e. The number of hydrogen-bond donors (Lipinski definition) is 2. The van der Waals surface area contributed by atoms with Crippen LogP contribution in [0.4, 0.5) is 17.1 Å². The third kappa shape index (κ3) is 4.87. The van der Waals surface area contributed by atoms with E-state index in [4.69, 9.17) is 16.3 Å². The molecule has 2 aromatic rings. The van der Waals surface area contributed by atoms with Gasteiger partial charge in [0.15, 0.2) is 0 Å². The van der Waals surface area contributed by atoms with E-state index in [2.05, 4.69) is 27.7 Å². The number of halogens is 1. The molecule has 0 radical (unpaired) electrons. The molecule has 0 spiro atoms. The number of benzene rings is 2. The average Bonchev–Trinajstić information content (AvgIpc) is 2.63. The van der Waals surface area contributed by atoms with Crippen molar-refractivity contribution in [3.8, 4) is 0 Å². The standard InChI is InChI=1S/C19H22ClN3O2/c1-14-12-15(20)2-7-18(14)22-19(24)13-21-16-3-5-17(6-4-16)23-8-10-25-11-9-23/h2-7,12,21H,8-11,13H2,1H3,(H,22,24). The molecule has 0 aromatic heterocycles. The number of aryl methyl sites for hydroxylation is 1. The number of rotatable bonds is 5. The molecule has 6 heteroatoms. The highest BCUT2D eigenvalue weighted by atomic mass is 35.5. The van der Waals surface area contributed by atoms with E-state index in [1.165, 1.54) is 5.69 Å². The van der Waals surface area contributed by atoms with Crippen LogP contribution in [-0.4, -0.2) is 38.8 Å². The van der Waals surface area contributed by atoms with Crippen molar-refractivity contribution >= 4 is 34.6 Å². The van der Waals surface area contributed by atoms with E-state index < -0.39 is 0 Å². The van der Waals surface area contributed by atoms with E-state index in [1.807, 2.05) is 31.2 Å². The fourth-order valence-corrected chi connectivity index (χ4v) is 2.98. The van der Waals surface area contributed by atoms with Gasteiger partial charge in [-0.3, -0.25) is 4.79 Å². The normalized spacial score (nSPS) is 14.2. The molecular formula is C19H22ClN3O2. The Labute approximate surface area is 152 Å². The van der Waals surface area contributed by atoms with Crippen molar-refractivity contribution < 1.29 is 9.53 Å². The molecule has 1 aliphatic heterocycles. The first kappa shape index (κ1) is 17.6. The maximum Gasteiger partial charge on any atom is 0.243 e. The van der Waals surface area contributed by atoms with Crippen molar-refractivity contribution in [1.82, 2.24) is 0 Å². The molecule has 1 saturated heterocycles. The summed E-state index contributed by atoms with van der Waals surface area (Å²) in [4.78, 5) is 14.4. The Morgan fingerprint density at radius 2 is 1.88 bits per heavy atom. The van der Waals surface area contributed by atoms with Gasteiger partial charge in [0.1, 0.15) is 0 Å². The fourth-order valence-electron chi connectivity index (χ4n) is 2.76. The summed E-state index contributed by atoms with van der Waals surface area (Å²) in [5.41, 5.74) is 3.81. The Bertz CT molecular complexity index is 728. The van der Waals surface area contributed by atoms with Gasteiger partial charge >= 0.3 is 0 Å². The van der Waals surface area contributed by atoms with Crippen LogP contribution in [0.25, 0.3) is 0 Å². The fraction of sp³-hybridized carbons (Fsp3) is 0.316. The van der Waals surface area contributed by atoms with Crippen molar-refractivity contribution in [2.45, 2.75) is 6.92 Å². The van der Waals surface area contributed by atoms with Crippen molar-refractivity contribution in [2.75, 3.05) is 48.4 Å². The summed E-state index contributed by atoms with van der Waals surface area (Å²) in [6.45, 7) is 5.48. The SMILES string of the molecule is Cc1cc(Cl)ccc1NC(=O)CNc1ccc(N2CCOCC2)cc1. The summed E-state index contributed by atoms with van der Waals surface area (Å²) < 4.78 is 5.37. The second-order valence-corrected chi connectivity index (χ2v) is 6.44. The Morgan fingerprint density at radius 1 is 1.16 bits per heavy atom. The van der Waals surface area contributed by atoms with E-state index in [9.17, 15) is 4.79 Å². The molecule has 25 heavy (non-hydrogen) atoms. The predicted octanol–water partition coefficient (Wildman–Crippen LogP) is 3.54. The summed E-state index contributed by atoms with van der Waals surface area (Å²) in [5, 5.41) is 6.69. The molecule has 1 aliphatic rings. The van der Waals surface area contributed by atoms with Crippen LogP contribution in [0.3, 0.4) is 0 Å². The molecule has 0 bridgehead atoms. The van der Waals surface area contributed by atoms with Gasteiger partial charge in [-0.1, -0.05) is 11.6 Å². The van der Waals surface area contributed by atoms with Crippen molar-refractivity contribution in [3.63, 3.8) is 0 Å². The Morgan fingerprint density at radius 3 is 2.56 bits per heavy atom. The number of ether oxygens (including phenoxy) is 1. The Balaban J connectivity index is 1.51. The van der Waals surface area contributed by atoms with Crippen LogP contribution in [0.5, 0.6) is 0 Å². The lowest BCUT2D eigenvalue weighted by Gasteiger charge is -2.28. The number of amides is 1. The molecule has 0 saturated carbocycles. The summed E-state index contributed by atoms with van der Waals surface area (Å²) in [7, 11) is 0. The smallest absolute Gasteiger partial charge is 0.243 e. The molecule has 1 heterocycles. The van der Waals surface area contributed by atoms with Crippen LogP contribution >= 0.6 is 11.6 Å². The van der Waals surface area contributed by atoms with E-state index >= 15 is 0 Å². The Hall–Kier alpha value is -2.24. The van der Waals surface area contributed by atoms with Gasteiger partial charge in [-0.2, -0.15) is 0 Å². The molecule has 0 atom stereocenters. The highest BCUT2D eigenvalue weighted by Gasteiger charge is 2.11. The van der Waals surface area contributed by atoms with E-state index in [-0.39, 0.29) is 12.5 Å². The van der Waals surface area contributed by atoms with Crippen molar-refractivity contribution in [3.05, 3.63) is 53.1 Å². The third-order valence-electron chi connectivity index (χ3n) is 4.16. The van der Waals surface area contributed by atoms with Crippen molar-refractivity contribution in [1.29, 1.82) is 0 Å². The van der Waals surface area contributed by atoms with Crippen LogP contribution in [0.1, 0.15) is 5.56 Å². The number of morpholine rings is 1.